The summed E-state index contributed by atoms with van der Waals surface area (Å²) in [6, 6.07) is 3.52. The van der Waals surface area contributed by atoms with Gasteiger partial charge < -0.3 is 0 Å². The summed E-state index contributed by atoms with van der Waals surface area (Å²) < 4.78 is 27.3. The van der Waals surface area contributed by atoms with Gasteiger partial charge in [-0.25, -0.2) is 13.1 Å². The minimum Gasteiger partial charge on any atom is -0.210 e. The van der Waals surface area contributed by atoms with Crippen molar-refractivity contribution in [2.45, 2.75) is 41.6 Å². The van der Waals surface area contributed by atoms with E-state index in [9.17, 15) is 8.42 Å². The van der Waals surface area contributed by atoms with E-state index in [1.807, 2.05) is 13.0 Å². The molecule has 1 aliphatic carbocycles. The van der Waals surface area contributed by atoms with Crippen molar-refractivity contribution >= 4 is 37.3 Å². The van der Waals surface area contributed by atoms with E-state index in [4.69, 9.17) is 0 Å². The molecule has 1 fully saturated rings. The van der Waals surface area contributed by atoms with Crippen molar-refractivity contribution in [3.63, 3.8) is 0 Å². The average molecular weight is 352 g/mol. The first-order chi connectivity index (χ1) is 8.49. The minimum absolute atomic E-state index is 0.412. The fourth-order valence-corrected chi connectivity index (χ4v) is 5.43. The van der Waals surface area contributed by atoms with Gasteiger partial charge in [0, 0.05) is 16.2 Å². The third-order valence-corrected chi connectivity index (χ3v) is 7.45. The highest BCUT2D eigenvalue weighted by atomic mass is 79.9. The Hall–Kier alpha value is 0.0900. The van der Waals surface area contributed by atoms with E-state index in [0.717, 1.165) is 17.7 Å². The monoisotopic (exact) mass is 351 g/mol. The Morgan fingerprint density at radius 1 is 1.39 bits per heavy atom. The fourth-order valence-electron chi connectivity index (χ4n) is 2.24. The van der Waals surface area contributed by atoms with Crippen LogP contribution in [0.25, 0.3) is 0 Å². The second kappa shape index (κ2) is 6.03. The lowest BCUT2D eigenvalue weighted by molar-refractivity contribution is 0.373. The summed E-state index contributed by atoms with van der Waals surface area (Å²) in [5, 5.41) is 0. The normalized spacial score (nSPS) is 25.2. The predicted molar refractivity (Wildman–Crippen MR) is 78.9 cm³/mol. The van der Waals surface area contributed by atoms with Crippen LogP contribution in [0.2, 0.25) is 0 Å². The molecule has 1 aromatic rings. The Morgan fingerprint density at radius 2 is 2.11 bits per heavy atom. The van der Waals surface area contributed by atoms with Gasteiger partial charge in [-0.3, -0.25) is 0 Å². The molecule has 0 aromatic carbocycles. The zero-order chi connectivity index (χ0) is 13.2. The second-order valence-electron chi connectivity index (χ2n) is 4.78. The van der Waals surface area contributed by atoms with Crippen LogP contribution in [0, 0.1) is 12.8 Å². The Kier molecular flexibility index (Phi) is 4.86. The fraction of sp³-hybridized carbons (Fsp3) is 0.667. The SMILES string of the molecule is Cc1ccc(S(=O)(=O)NCC2CCCCC2Br)s1. The Balaban J connectivity index is 1.96. The van der Waals surface area contributed by atoms with Crippen LogP contribution >= 0.6 is 27.3 Å². The molecule has 2 atom stereocenters. The largest absolute Gasteiger partial charge is 0.250 e. The van der Waals surface area contributed by atoms with Gasteiger partial charge in [0.25, 0.3) is 0 Å². The van der Waals surface area contributed by atoms with E-state index in [0.29, 0.717) is 21.5 Å². The number of halogens is 1. The van der Waals surface area contributed by atoms with Gasteiger partial charge >= 0.3 is 0 Å². The second-order valence-corrected chi connectivity index (χ2v) is 9.24. The summed E-state index contributed by atoms with van der Waals surface area (Å²) in [6.45, 7) is 2.45. The number of nitrogens with one attached hydrogen (secondary N) is 1. The van der Waals surface area contributed by atoms with E-state index in [-0.39, 0.29) is 0 Å². The lowest BCUT2D eigenvalue weighted by atomic mass is 9.89. The molecule has 1 saturated carbocycles. The molecule has 1 N–H and O–H groups in total. The number of hydrogen-bond donors (Lipinski definition) is 1. The maximum atomic E-state index is 12.1. The number of thiophene rings is 1. The molecule has 0 amide bonds. The number of hydrogen-bond acceptors (Lipinski definition) is 3. The molecule has 2 rings (SSSR count). The van der Waals surface area contributed by atoms with Gasteiger partial charge in [0.1, 0.15) is 4.21 Å². The molecule has 1 aromatic heterocycles. The zero-order valence-corrected chi connectivity index (χ0v) is 13.6. The molecule has 18 heavy (non-hydrogen) atoms. The van der Waals surface area contributed by atoms with Crippen molar-refractivity contribution in [2.75, 3.05) is 6.54 Å². The van der Waals surface area contributed by atoms with Crippen LogP contribution in [-0.4, -0.2) is 19.8 Å². The molecule has 1 heterocycles. The molecule has 0 spiro atoms. The molecule has 2 unspecified atom stereocenters. The molecule has 1 aliphatic rings. The highest BCUT2D eigenvalue weighted by molar-refractivity contribution is 9.09. The molecule has 0 saturated heterocycles. The minimum atomic E-state index is -3.31. The number of aryl methyl sites for hydroxylation is 1. The standard InChI is InChI=1S/C12H18BrNO2S2/c1-9-6-7-12(17-9)18(15,16)14-8-10-4-2-3-5-11(10)13/h6-7,10-11,14H,2-5,8H2,1H3. The summed E-state index contributed by atoms with van der Waals surface area (Å²) in [6.07, 6.45) is 4.68. The van der Waals surface area contributed by atoms with Gasteiger partial charge in [-0.15, -0.1) is 11.3 Å². The smallest absolute Gasteiger partial charge is 0.210 e. The van der Waals surface area contributed by atoms with E-state index < -0.39 is 10.0 Å². The molecular formula is C12H18BrNO2S2. The van der Waals surface area contributed by atoms with E-state index in [2.05, 4.69) is 20.7 Å². The lowest BCUT2D eigenvalue weighted by Crippen LogP contribution is -2.34. The van der Waals surface area contributed by atoms with Gasteiger partial charge in [-0.1, -0.05) is 28.8 Å². The van der Waals surface area contributed by atoms with Crippen molar-refractivity contribution in [2.24, 2.45) is 5.92 Å². The first-order valence-corrected chi connectivity index (χ1v) is 9.41. The van der Waals surface area contributed by atoms with Crippen molar-refractivity contribution in [1.82, 2.24) is 4.72 Å². The van der Waals surface area contributed by atoms with Crippen LogP contribution in [0.4, 0.5) is 0 Å². The van der Waals surface area contributed by atoms with E-state index in [1.165, 1.54) is 24.2 Å². The number of sulfonamides is 1. The third kappa shape index (κ3) is 3.56. The van der Waals surface area contributed by atoms with Crippen LogP contribution in [0.1, 0.15) is 30.6 Å². The predicted octanol–water partition coefficient (Wildman–Crippen LogP) is 3.29. The van der Waals surface area contributed by atoms with Crippen LogP contribution in [0.5, 0.6) is 0 Å². The Labute approximate surface area is 121 Å². The molecule has 6 heteroatoms. The third-order valence-electron chi connectivity index (χ3n) is 3.33. The number of alkyl halides is 1. The summed E-state index contributed by atoms with van der Waals surface area (Å²) in [4.78, 5) is 1.46. The highest BCUT2D eigenvalue weighted by Gasteiger charge is 2.25. The van der Waals surface area contributed by atoms with Gasteiger partial charge in [-0.2, -0.15) is 0 Å². The van der Waals surface area contributed by atoms with E-state index in [1.54, 1.807) is 6.07 Å². The van der Waals surface area contributed by atoms with Crippen LogP contribution in [0.15, 0.2) is 16.3 Å². The van der Waals surface area contributed by atoms with Crippen molar-refractivity contribution in [3.8, 4) is 0 Å². The van der Waals surface area contributed by atoms with Gasteiger partial charge in [0.05, 0.1) is 0 Å². The maximum Gasteiger partial charge on any atom is 0.250 e. The van der Waals surface area contributed by atoms with Crippen LogP contribution in [0.3, 0.4) is 0 Å². The Morgan fingerprint density at radius 3 is 2.72 bits per heavy atom. The maximum absolute atomic E-state index is 12.1. The molecule has 0 aliphatic heterocycles. The van der Waals surface area contributed by atoms with Gasteiger partial charge in [0.15, 0.2) is 0 Å². The quantitative estimate of drug-likeness (QED) is 0.846. The summed E-state index contributed by atoms with van der Waals surface area (Å²) in [5.74, 6) is 0.412. The molecule has 3 nitrogen and oxygen atoms in total. The van der Waals surface area contributed by atoms with Crippen molar-refractivity contribution in [3.05, 3.63) is 17.0 Å². The van der Waals surface area contributed by atoms with Gasteiger partial charge in [-0.05, 0) is 37.8 Å². The lowest BCUT2D eigenvalue weighted by Gasteiger charge is -2.27. The topological polar surface area (TPSA) is 46.2 Å². The zero-order valence-electron chi connectivity index (χ0n) is 10.4. The highest BCUT2D eigenvalue weighted by Crippen LogP contribution is 2.30. The molecule has 102 valence electrons. The molecule has 0 radical (unpaired) electrons. The summed E-state index contributed by atoms with van der Waals surface area (Å²) in [7, 11) is -3.31. The van der Waals surface area contributed by atoms with Crippen molar-refractivity contribution in [1.29, 1.82) is 0 Å². The van der Waals surface area contributed by atoms with Crippen LogP contribution in [-0.2, 0) is 10.0 Å². The molecular weight excluding hydrogens is 334 g/mol. The van der Waals surface area contributed by atoms with Crippen LogP contribution < -0.4 is 4.72 Å². The summed E-state index contributed by atoms with van der Waals surface area (Å²) >= 11 is 4.97. The van der Waals surface area contributed by atoms with Gasteiger partial charge in [0.2, 0.25) is 10.0 Å². The summed E-state index contributed by atoms with van der Waals surface area (Å²) in [5.41, 5.74) is 0. The van der Waals surface area contributed by atoms with Crippen molar-refractivity contribution < 1.29 is 8.42 Å². The first-order valence-electron chi connectivity index (χ1n) is 6.19. The average Bonchev–Trinajstić information content (AvgIpc) is 2.76. The molecule has 0 bridgehead atoms. The Bertz CT molecular complexity index is 498. The number of rotatable bonds is 4. The first kappa shape index (κ1) is 14.5. The van der Waals surface area contributed by atoms with E-state index >= 15 is 0 Å².